The topological polar surface area (TPSA) is 73.1 Å². The van der Waals surface area contributed by atoms with Gasteiger partial charge in [-0.3, -0.25) is 14.6 Å². The van der Waals surface area contributed by atoms with Crippen molar-refractivity contribution in [2.24, 2.45) is 5.73 Å². The Bertz CT molecular complexity index is 398. The van der Waals surface area contributed by atoms with Gasteiger partial charge in [0.1, 0.15) is 5.69 Å². The number of primary amides is 1. The molecule has 1 amide bonds. The lowest BCUT2D eigenvalue weighted by Gasteiger charge is -1.89. The number of pyridine rings is 1. The summed E-state index contributed by atoms with van der Waals surface area (Å²) >= 11 is 0. The smallest absolute Gasteiger partial charge is 0.229 e. The van der Waals surface area contributed by atoms with Crippen LogP contribution in [0.25, 0.3) is 0 Å². The number of carbonyl (C=O) groups is 2. The van der Waals surface area contributed by atoms with Crippen LogP contribution in [0.1, 0.15) is 22.5 Å². The second-order valence-corrected chi connectivity index (χ2v) is 2.53. The summed E-state index contributed by atoms with van der Waals surface area (Å²) in [5, 5.41) is 0. The standard InChI is InChI=1S/C10H8N2O2/c11-10(14)3-1-2-8-4-5-9(7-13)12-6-8/h4-7H,3H2,(H2,11,14). The van der Waals surface area contributed by atoms with E-state index in [4.69, 9.17) is 5.73 Å². The zero-order valence-electron chi connectivity index (χ0n) is 7.36. The summed E-state index contributed by atoms with van der Waals surface area (Å²) in [6.45, 7) is 0. The van der Waals surface area contributed by atoms with Crippen molar-refractivity contribution in [1.82, 2.24) is 4.98 Å². The Balaban J connectivity index is 2.71. The lowest BCUT2D eigenvalue weighted by atomic mass is 10.2. The Kier molecular flexibility index (Phi) is 3.39. The summed E-state index contributed by atoms with van der Waals surface area (Å²) in [6, 6.07) is 3.21. The van der Waals surface area contributed by atoms with Crippen LogP contribution in [0.15, 0.2) is 18.3 Å². The number of hydrogen-bond acceptors (Lipinski definition) is 3. The molecule has 0 aliphatic heterocycles. The molecule has 0 atom stereocenters. The van der Waals surface area contributed by atoms with Crippen molar-refractivity contribution in [3.8, 4) is 11.8 Å². The Morgan fingerprint density at radius 1 is 1.57 bits per heavy atom. The SMILES string of the molecule is NC(=O)CC#Cc1ccc(C=O)nc1. The molecule has 0 aliphatic carbocycles. The molecule has 70 valence electrons. The average Bonchev–Trinajstić information content (AvgIpc) is 2.18. The molecule has 0 aromatic carbocycles. The molecule has 1 aromatic rings. The number of aromatic nitrogens is 1. The van der Waals surface area contributed by atoms with Gasteiger partial charge in [-0.25, -0.2) is 0 Å². The molecule has 0 bridgehead atoms. The van der Waals surface area contributed by atoms with Crippen LogP contribution in [0.4, 0.5) is 0 Å². The molecule has 0 fully saturated rings. The van der Waals surface area contributed by atoms with E-state index in [9.17, 15) is 9.59 Å². The number of hydrogen-bond donors (Lipinski definition) is 1. The molecule has 0 spiro atoms. The zero-order chi connectivity index (χ0) is 10.4. The van der Waals surface area contributed by atoms with Gasteiger partial charge in [0.2, 0.25) is 5.91 Å². The molecule has 0 unspecified atom stereocenters. The molecular formula is C10H8N2O2. The molecule has 2 N–H and O–H groups in total. The minimum absolute atomic E-state index is 0.0232. The van der Waals surface area contributed by atoms with Crippen LogP contribution in [-0.4, -0.2) is 17.2 Å². The van der Waals surface area contributed by atoms with Gasteiger partial charge in [0, 0.05) is 11.8 Å². The number of rotatable bonds is 2. The molecule has 0 saturated heterocycles. The molecule has 0 saturated carbocycles. The predicted molar refractivity (Wildman–Crippen MR) is 50.3 cm³/mol. The Hall–Kier alpha value is -2.15. The third kappa shape index (κ3) is 3.07. The van der Waals surface area contributed by atoms with Crippen molar-refractivity contribution in [2.45, 2.75) is 6.42 Å². The van der Waals surface area contributed by atoms with Crippen molar-refractivity contribution in [2.75, 3.05) is 0 Å². The number of amides is 1. The summed E-state index contributed by atoms with van der Waals surface area (Å²) < 4.78 is 0. The van der Waals surface area contributed by atoms with Gasteiger partial charge in [-0.05, 0) is 12.1 Å². The van der Waals surface area contributed by atoms with Crippen LogP contribution < -0.4 is 5.73 Å². The lowest BCUT2D eigenvalue weighted by molar-refractivity contribution is -0.117. The van der Waals surface area contributed by atoms with Crippen molar-refractivity contribution < 1.29 is 9.59 Å². The maximum Gasteiger partial charge on any atom is 0.229 e. The quantitative estimate of drug-likeness (QED) is 0.529. The first kappa shape index (κ1) is 9.93. The fraction of sp³-hybridized carbons (Fsp3) is 0.100. The summed E-state index contributed by atoms with van der Waals surface area (Å²) in [7, 11) is 0. The van der Waals surface area contributed by atoms with E-state index in [0.29, 0.717) is 17.5 Å². The first-order chi connectivity index (χ1) is 6.72. The predicted octanol–water partition coefficient (Wildman–Crippen LogP) is 0.121. The minimum Gasteiger partial charge on any atom is -0.369 e. The zero-order valence-corrected chi connectivity index (χ0v) is 7.36. The highest BCUT2D eigenvalue weighted by atomic mass is 16.1. The summed E-state index contributed by atoms with van der Waals surface area (Å²) in [5.41, 5.74) is 5.90. The molecular weight excluding hydrogens is 180 g/mol. The molecule has 0 aliphatic rings. The second kappa shape index (κ2) is 4.77. The van der Waals surface area contributed by atoms with E-state index in [1.165, 1.54) is 6.20 Å². The largest absolute Gasteiger partial charge is 0.369 e. The van der Waals surface area contributed by atoms with Gasteiger partial charge < -0.3 is 5.73 Å². The second-order valence-electron chi connectivity index (χ2n) is 2.53. The number of aldehydes is 1. The molecule has 4 heteroatoms. The molecule has 4 nitrogen and oxygen atoms in total. The van der Waals surface area contributed by atoms with Crippen molar-refractivity contribution in [3.63, 3.8) is 0 Å². The fourth-order valence-corrected chi connectivity index (χ4v) is 0.782. The fourth-order valence-electron chi connectivity index (χ4n) is 0.782. The first-order valence-corrected chi connectivity index (χ1v) is 3.91. The summed E-state index contributed by atoms with van der Waals surface area (Å²) in [4.78, 5) is 24.4. The van der Waals surface area contributed by atoms with E-state index in [-0.39, 0.29) is 6.42 Å². The number of nitrogens with zero attached hydrogens (tertiary/aromatic N) is 1. The van der Waals surface area contributed by atoms with Crippen LogP contribution in [0.5, 0.6) is 0 Å². The van der Waals surface area contributed by atoms with Crippen LogP contribution in [0.3, 0.4) is 0 Å². The Morgan fingerprint density at radius 3 is 2.86 bits per heavy atom. The van der Waals surface area contributed by atoms with Crippen LogP contribution in [0, 0.1) is 11.8 Å². The third-order valence-corrected chi connectivity index (χ3v) is 1.40. The van der Waals surface area contributed by atoms with E-state index < -0.39 is 5.91 Å². The van der Waals surface area contributed by atoms with E-state index in [2.05, 4.69) is 16.8 Å². The van der Waals surface area contributed by atoms with Crippen LogP contribution in [-0.2, 0) is 4.79 Å². The highest BCUT2D eigenvalue weighted by molar-refractivity contribution is 5.76. The van der Waals surface area contributed by atoms with Gasteiger partial charge in [0.05, 0.1) is 6.42 Å². The van der Waals surface area contributed by atoms with E-state index >= 15 is 0 Å². The monoisotopic (exact) mass is 188 g/mol. The molecule has 1 aromatic heterocycles. The van der Waals surface area contributed by atoms with Gasteiger partial charge in [-0.2, -0.15) is 0 Å². The lowest BCUT2D eigenvalue weighted by Crippen LogP contribution is -2.08. The van der Waals surface area contributed by atoms with Crippen molar-refractivity contribution >= 4 is 12.2 Å². The molecule has 0 radical (unpaired) electrons. The van der Waals surface area contributed by atoms with E-state index in [0.717, 1.165) is 0 Å². The first-order valence-electron chi connectivity index (χ1n) is 3.91. The van der Waals surface area contributed by atoms with Gasteiger partial charge >= 0.3 is 0 Å². The molecule has 1 rings (SSSR count). The van der Waals surface area contributed by atoms with Gasteiger partial charge in [0.25, 0.3) is 0 Å². The summed E-state index contributed by atoms with van der Waals surface area (Å²) in [5.74, 6) is 4.82. The maximum absolute atomic E-state index is 10.3. The Morgan fingerprint density at radius 2 is 2.36 bits per heavy atom. The van der Waals surface area contributed by atoms with Gasteiger partial charge in [0.15, 0.2) is 6.29 Å². The summed E-state index contributed by atoms with van der Waals surface area (Å²) in [6.07, 6.45) is 2.15. The highest BCUT2D eigenvalue weighted by Crippen LogP contribution is 1.96. The third-order valence-electron chi connectivity index (χ3n) is 1.40. The number of nitrogens with two attached hydrogens (primary N) is 1. The van der Waals surface area contributed by atoms with Gasteiger partial charge in [-0.1, -0.05) is 11.8 Å². The normalized spacial score (nSPS) is 8.57. The molecule has 14 heavy (non-hydrogen) atoms. The van der Waals surface area contributed by atoms with E-state index in [1.54, 1.807) is 12.1 Å². The van der Waals surface area contributed by atoms with Crippen molar-refractivity contribution in [3.05, 3.63) is 29.6 Å². The molecule has 1 heterocycles. The maximum atomic E-state index is 10.3. The number of carbonyl (C=O) groups excluding carboxylic acids is 2. The van der Waals surface area contributed by atoms with Crippen LogP contribution in [0.2, 0.25) is 0 Å². The van der Waals surface area contributed by atoms with E-state index in [1.807, 2.05) is 0 Å². The Labute approximate surface area is 81.1 Å². The van der Waals surface area contributed by atoms with Crippen LogP contribution >= 0.6 is 0 Å². The highest BCUT2D eigenvalue weighted by Gasteiger charge is 1.91. The van der Waals surface area contributed by atoms with Crippen molar-refractivity contribution in [1.29, 1.82) is 0 Å². The minimum atomic E-state index is -0.463. The average molecular weight is 188 g/mol. The van der Waals surface area contributed by atoms with Gasteiger partial charge in [-0.15, -0.1) is 0 Å².